The van der Waals surface area contributed by atoms with Crippen molar-refractivity contribution in [3.8, 4) is 5.75 Å². The molecule has 168 valence electrons. The molecule has 1 N–H and O–H groups in total. The van der Waals surface area contributed by atoms with Crippen molar-refractivity contribution in [1.29, 1.82) is 0 Å². The van der Waals surface area contributed by atoms with Crippen molar-refractivity contribution in [2.45, 2.75) is 19.1 Å². The van der Waals surface area contributed by atoms with Gasteiger partial charge in [0.15, 0.2) is 5.82 Å². The van der Waals surface area contributed by atoms with E-state index in [1.807, 2.05) is 37.4 Å². The topological polar surface area (TPSA) is 57.7 Å². The summed E-state index contributed by atoms with van der Waals surface area (Å²) in [4.78, 5) is 21.6. The maximum absolute atomic E-state index is 14.3. The van der Waals surface area contributed by atoms with E-state index < -0.39 is 5.82 Å². The molecule has 0 fully saturated rings. The summed E-state index contributed by atoms with van der Waals surface area (Å²) < 4.78 is 20.5. The first kappa shape index (κ1) is 22.2. The molecule has 32 heavy (non-hydrogen) atoms. The molecule has 1 unspecified atom stereocenters. The summed E-state index contributed by atoms with van der Waals surface area (Å²) in [6, 6.07) is 12.0. The maximum Gasteiger partial charge on any atom is 0.258 e. The molecular formula is C24H27FN4O2S. The third-order valence-electron chi connectivity index (χ3n) is 5.57. The number of aromatic nitrogens is 1. The van der Waals surface area contributed by atoms with Crippen LogP contribution in [0.15, 0.2) is 54.2 Å². The van der Waals surface area contributed by atoms with Crippen LogP contribution in [-0.2, 0) is 6.54 Å². The van der Waals surface area contributed by atoms with Crippen molar-refractivity contribution >= 4 is 22.9 Å². The van der Waals surface area contributed by atoms with Crippen molar-refractivity contribution in [2.24, 2.45) is 0 Å². The minimum absolute atomic E-state index is 0.00470. The van der Waals surface area contributed by atoms with Gasteiger partial charge in [0.25, 0.3) is 5.91 Å². The number of hydrogen-bond donors (Lipinski definition) is 1. The third-order valence-corrected chi connectivity index (χ3v) is 6.53. The van der Waals surface area contributed by atoms with E-state index in [1.54, 1.807) is 28.2 Å². The number of carbonyl (C=O) groups excluding carboxylic acids is 1. The molecule has 0 saturated heterocycles. The molecule has 8 heteroatoms. The fraction of sp³-hybridized carbons (Fsp3) is 0.333. The lowest BCUT2D eigenvalue weighted by molar-refractivity contribution is 0.0754. The number of benzene rings is 1. The number of nitrogens with one attached hydrogen (secondary N) is 1. The minimum Gasteiger partial charge on any atom is -0.485 e. The molecule has 1 aliphatic rings. The predicted octanol–water partition coefficient (Wildman–Crippen LogP) is 4.10. The normalized spacial score (nSPS) is 14.8. The van der Waals surface area contributed by atoms with E-state index in [4.69, 9.17) is 4.74 Å². The van der Waals surface area contributed by atoms with Crippen molar-refractivity contribution in [2.75, 3.05) is 38.6 Å². The minimum atomic E-state index is -0.472. The lowest BCUT2D eigenvalue weighted by Crippen LogP contribution is -2.33. The summed E-state index contributed by atoms with van der Waals surface area (Å²) in [5.41, 5.74) is 1.61. The highest BCUT2D eigenvalue weighted by Crippen LogP contribution is 2.29. The highest BCUT2D eigenvalue weighted by molar-refractivity contribution is 7.10. The van der Waals surface area contributed by atoms with Gasteiger partial charge in [0.2, 0.25) is 0 Å². The number of carbonyl (C=O) groups is 1. The first-order valence-electron chi connectivity index (χ1n) is 10.6. The number of hydrogen-bond acceptors (Lipinski definition) is 6. The van der Waals surface area contributed by atoms with Gasteiger partial charge < -0.3 is 19.9 Å². The van der Waals surface area contributed by atoms with Gasteiger partial charge in [0, 0.05) is 44.2 Å². The molecule has 0 bridgehead atoms. The lowest BCUT2D eigenvalue weighted by atomic mass is 10.1. The number of anilines is 1. The SMILES string of the molecule is CNCCC(Oc1ccc(CN2CCN(C)c3c(F)cncc3C2=O)cc1)c1cccs1. The molecule has 3 heterocycles. The Morgan fingerprint density at radius 1 is 1.22 bits per heavy atom. The average molecular weight is 455 g/mol. The van der Waals surface area contributed by atoms with Gasteiger partial charge in [-0.2, -0.15) is 0 Å². The first-order chi connectivity index (χ1) is 15.6. The Kier molecular flexibility index (Phi) is 7.02. The van der Waals surface area contributed by atoms with Gasteiger partial charge in [-0.1, -0.05) is 18.2 Å². The molecule has 6 nitrogen and oxygen atoms in total. The van der Waals surface area contributed by atoms with Crippen LogP contribution in [0.5, 0.6) is 5.75 Å². The second kappa shape index (κ2) is 10.1. The van der Waals surface area contributed by atoms with Gasteiger partial charge in [-0.15, -0.1) is 11.3 Å². The van der Waals surface area contributed by atoms with Gasteiger partial charge >= 0.3 is 0 Å². The van der Waals surface area contributed by atoms with Crippen molar-refractivity contribution in [1.82, 2.24) is 15.2 Å². The quantitative estimate of drug-likeness (QED) is 0.555. The number of amides is 1. The first-order valence-corrected chi connectivity index (χ1v) is 11.5. The number of halogens is 1. The van der Waals surface area contributed by atoms with Gasteiger partial charge in [-0.25, -0.2) is 4.39 Å². The Bertz CT molecular complexity index is 1040. The van der Waals surface area contributed by atoms with Gasteiger partial charge in [-0.3, -0.25) is 9.78 Å². The standard InChI is InChI=1S/C24H27FN4O2S/c1-26-10-9-21(22-4-3-13-32-22)31-18-7-5-17(6-8-18)16-29-12-11-28(2)23-19(24(29)30)14-27-15-20(23)25/h3-8,13-15,21,26H,9-12,16H2,1-2H3. The molecule has 0 aliphatic carbocycles. The summed E-state index contributed by atoms with van der Waals surface area (Å²) in [5.74, 6) is 0.114. The van der Waals surface area contributed by atoms with Crippen LogP contribution < -0.4 is 15.0 Å². The van der Waals surface area contributed by atoms with Gasteiger partial charge in [-0.05, 0) is 42.7 Å². The Labute approximate surface area is 191 Å². The number of nitrogens with zero attached hydrogens (tertiary/aromatic N) is 3. The number of rotatable bonds is 8. The van der Waals surface area contributed by atoms with Crippen molar-refractivity contribution < 1.29 is 13.9 Å². The van der Waals surface area contributed by atoms with Crippen molar-refractivity contribution in [3.63, 3.8) is 0 Å². The Morgan fingerprint density at radius 3 is 2.75 bits per heavy atom. The second-order valence-electron chi connectivity index (χ2n) is 7.82. The molecule has 0 radical (unpaired) electrons. The third kappa shape index (κ3) is 4.92. The largest absolute Gasteiger partial charge is 0.485 e. The number of ether oxygens (including phenoxy) is 1. The summed E-state index contributed by atoms with van der Waals surface area (Å²) in [6.07, 6.45) is 3.47. The molecule has 0 spiro atoms. The predicted molar refractivity (Wildman–Crippen MR) is 125 cm³/mol. The van der Waals surface area contributed by atoms with Crippen LogP contribution >= 0.6 is 11.3 Å². The van der Waals surface area contributed by atoms with Crippen LogP contribution in [0.4, 0.5) is 10.1 Å². The average Bonchev–Trinajstić information content (AvgIpc) is 3.30. The van der Waals surface area contributed by atoms with E-state index in [2.05, 4.69) is 21.7 Å². The monoisotopic (exact) mass is 454 g/mol. The van der Waals surface area contributed by atoms with E-state index in [9.17, 15) is 9.18 Å². The molecule has 1 atom stereocenters. The lowest BCUT2D eigenvalue weighted by Gasteiger charge is -2.22. The number of likely N-dealkylation sites (N-methyl/N-ethyl adjacent to an activating group) is 1. The molecule has 2 aromatic heterocycles. The molecule has 4 rings (SSSR count). The van der Waals surface area contributed by atoms with E-state index in [-0.39, 0.29) is 12.0 Å². The number of fused-ring (bicyclic) bond motifs is 1. The van der Waals surface area contributed by atoms with Crippen LogP contribution in [0.1, 0.15) is 33.3 Å². The van der Waals surface area contributed by atoms with Crippen LogP contribution in [0, 0.1) is 5.82 Å². The second-order valence-corrected chi connectivity index (χ2v) is 8.80. The number of thiophene rings is 1. The number of pyridine rings is 1. The molecule has 1 amide bonds. The van der Waals surface area contributed by atoms with Crippen molar-refractivity contribution in [3.05, 3.63) is 76.0 Å². The Hall–Kier alpha value is -2.97. The summed E-state index contributed by atoms with van der Waals surface area (Å²) in [5, 5.41) is 5.24. The zero-order valence-corrected chi connectivity index (χ0v) is 19.1. The van der Waals surface area contributed by atoms with E-state index in [0.717, 1.165) is 30.5 Å². The molecule has 0 saturated carbocycles. The molecule has 3 aromatic rings. The van der Waals surface area contributed by atoms with E-state index >= 15 is 0 Å². The van der Waals surface area contributed by atoms with Crippen LogP contribution in [-0.4, -0.2) is 49.5 Å². The van der Waals surface area contributed by atoms with Crippen LogP contribution in [0.3, 0.4) is 0 Å². The summed E-state index contributed by atoms with van der Waals surface area (Å²) in [7, 11) is 3.73. The van der Waals surface area contributed by atoms with Crippen LogP contribution in [0.25, 0.3) is 0 Å². The molecule has 1 aromatic carbocycles. The van der Waals surface area contributed by atoms with Gasteiger partial charge in [0.1, 0.15) is 11.9 Å². The zero-order chi connectivity index (χ0) is 22.5. The molecule has 1 aliphatic heterocycles. The summed E-state index contributed by atoms with van der Waals surface area (Å²) >= 11 is 1.69. The zero-order valence-electron chi connectivity index (χ0n) is 18.3. The Morgan fingerprint density at radius 2 is 2.03 bits per heavy atom. The highest BCUT2D eigenvalue weighted by Gasteiger charge is 2.27. The van der Waals surface area contributed by atoms with Gasteiger partial charge in [0.05, 0.1) is 17.4 Å². The van der Waals surface area contributed by atoms with E-state index in [1.165, 1.54) is 11.1 Å². The van der Waals surface area contributed by atoms with E-state index in [0.29, 0.717) is 30.9 Å². The molecular weight excluding hydrogens is 427 g/mol. The highest BCUT2D eigenvalue weighted by atomic mass is 32.1. The van der Waals surface area contributed by atoms with Crippen LogP contribution in [0.2, 0.25) is 0 Å². The summed E-state index contributed by atoms with van der Waals surface area (Å²) in [6.45, 7) is 2.36. The fourth-order valence-electron chi connectivity index (χ4n) is 3.85. The Balaban J connectivity index is 1.46. The smallest absolute Gasteiger partial charge is 0.258 e. The fourth-order valence-corrected chi connectivity index (χ4v) is 4.63. The maximum atomic E-state index is 14.3.